The maximum Gasteiger partial charge on any atom is 0.253 e. The van der Waals surface area contributed by atoms with E-state index < -0.39 is 15.8 Å². The summed E-state index contributed by atoms with van der Waals surface area (Å²) < 4.78 is 40.3. The molecule has 3 rings (SSSR count). The van der Waals surface area contributed by atoms with Crippen LogP contribution in [0, 0.1) is 26.6 Å². The maximum absolute atomic E-state index is 13.3. The van der Waals surface area contributed by atoms with Crippen LogP contribution in [0.25, 0.3) is 0 Å². The fourth-order valence-corrected chi connectivity index (χ4v) is 4.86. The molecule has 5 nitrogen and oxygen atoms in total. The van der Waals surface area contributed by atoms with Gasteiger partial charge in [-0.05, 0) is 67.8 Å². The quantitative estimate of drug-likeness (QED) is 0.810. The fourth-order valence-electron chi connectivity index (χ4n) is 3.23. The van der Waals surface area contributed by atoms with E-state index in [1.54, 1.807) is 17.9 Å². The molecule has 1 amide bonds. The molecule has 0 unspecified atom stereocenters. The topological polar surface area (TPSA) is 57.7 Å². The third-order valence-corrected chi connectivity index (χ3v) is 7.09. The van der Waals surface area contributed by atoms with Crippen molar-refractivity contribution in [3.63, 3.8) is 0 Å². The van der Waals surface area contributed by atoms with Crippen molar-refractivity contribution >= 4 is 15.9 Å². The van der Waals surface area contributed by atoms with Gasteiger partial charge in [0, 0.05) is 31.7 Å². The summed E-state index contributed by atoms with van der Waals surface area (Å²) in [5.74, 6) is -0.552. The molecule has 1 fully saturated rings. The second-order valence-corrected chi connectivity index (χ2v) is 8.81. The number of halogens is 1. The molecule has 0 saturated carbocycles. The molecule has 27 heavy (non-hydrogen) atoms. The van der Waals surface area contributed by atoms with Crippen molar-refractivity contribution in [1.82, 2.24) is 9.21 Å². The number of sulfonamides is 1. The maximum atomic E-state index is 13.3. The molecule has 1 saturated heterocycles. The van der Waals surface area contributed by atoms with E-state index in [9.17, 15) is 17.6 Å². The largest absolute Gasteiger partial charge is 0.336 e. The summed E-state index contributed by atoms with van der Waals surface area (Å²) >= 11 is 0. The Balaban J connectivity index is 1.72. The molecule has 0 aromatic heterocycles. The van der Waals surface area contributed by atoms with Crippen molar-refractivity contribution in [2.75, 3.05) is 26.2 Å². The summed E-state index contributed by atoms with van der Waals surface area (Å²) in [5.41, 5.74) is 3.17. The second kappa shape index (κ2) is 7.40. The zero-order chi connectivity index (χ0) is 19.8. The van der Waals surface area contributed by atoms with Gasteiger partial charge in [-0.3, -0.25) is 4.79 Å². The molecule has 0 radical (unpaired) electrons. The van der Waals surface area contributed by atoms with Crippen molar-refractivity contribution < 1.29 is 17.6 Å². The average Bonchev–Trinajstić information content (AvgIpc) is 2.63. The summed E-state index contributed by atoms with van der Waals surface area (Å²) in [5, 5.41) is 0. The number of piperazine rings is 1. The van der Waals surface area contributed by atoms with Crippen molar-refractivity contribution in [2.45, 2.75) is 25.7 Å². The van der Waals surface area contributed by atoms with E-state index in [0.29, 0.717) is 24.2 Å². The highest BCUT2D eigenvalue weighted by atomic mass is 32.2. The van der Waals surface area contributed by atoms with Gasteiger partial charge in [0.25, 0.3) is 5.91 Å². The predicted molar refractivity (Wildman–Crippen MR) is 102 cm³/mol. The number of rotatable bonds is 3. The first-order valence-corrected chi connectivity index (χ1v) is 10.3. The molecule has 0 atom stereocenters. The van der Waals surface area contributed by atoms with Crippen molar-refractivity contribution in [3.05, 3.63) is 64.5 Å². The molecule has 0 spiro atoms. The lowest BCUT2D eigenvalue weighted by Gasteiger charge is -2.34. The van der Waals surface area contributed by atoms with Crippen LogP contribution in [0.4, 0.5) is 4.39 Å². The van der Waals surface area contributed by atoms with E-state index in [4.69, 9.17) is 0 Å². The van der Waals surface area contributed by atoms with Gasteiger partial charge in [-0.2, -0.15) is 4.31 Å². The molecule has 1 aliphatic heterocycles. The van der Waals surface area contributed by atoms with Crippen LogP contribution < -0.4 is 0 Å². The number of nitrogens with zero attached hydrogens (tertiary/aromatic N) is 2. The summed E-state index contributed by atoms with van der Waals surface area (Å²) in [6.45, 7) is 6.61. The van der Waals surface area contributed by atoms with Gasteiger partial charge in [-0.15, -0.1) is 0 Å². The third-order valence-electron chi connectivity index (χ3n) is 5.03. The smallest absolute Gasteiger partial charge is 0.253 e. The Morgan fingerprint density at radius 2 is 1.56 bits per heavy atom. The van der Waals surface area contributed by atoms with Crippen LogP contribution in [0.2, 0.25) is 0 Å². The molecular weight excluding hydrogens is 367 g/mol. The van der Waals surface area contributed by atoms with Gasteiger partial charge in [-0.25, -0.2) is 12.8 Å². The Morgan fingerprint density at radius 1 is 0.889 bits per heavy atom. The SMILES string of the molecule is Cc1ccc(C(=O)N2CCN(S(=O)(=O)c3ccc(F)cc3C)CC2)cc1C. The first-order chi connectivity index (χ1) is 12.7. The summed E-state index contributed by atoms with van der Waals surface area (Å²) in [7, 11) is -3.71. The Kier molecular flexibility index (Phi) is 5.35. The van der Waals surface area contributed by atoms with Crippen LogP contribution in [0.1, 0.15) is 27.0 Å². The highest BCUT2D eigenvalue weighted by molar-refractivity contribution is 7.89. The van der Waals surface area contributed by atoms with E-state index in [0.717, 1.165) is 17.2 Å². The highest BCUT2D eigenvalue weighted by Gasteiger charge is 2.31. The molecule has 0 N–H and O–H groups in total. The molecule has 0 aliphatic carbocycles. The third kappa shape index (κ3) is 3.89. The Hall–Kier alpha value is -2.25. The summed E-state index contributed by atoms with van der Waals surface area (Å²) in [6.07, 6.45) is 0. The van der Waals surface area contributed by atoms with Crippen LogP contribution >= 0.6 is 0 Å². The number of amides is 1. The van der Waals surface area contributed by atoms with Crippen LogP contribution in [-0.4, -0.2) is 49.7 Å². The lowest BCUT2D eigenvalue weighted by molar-refractivity contribution is 0.0697. The van der Waals surface area contributed by atoms with E-state index in [2.05, 4.69) is 0 Å². The van der Waals surface area contributed by atoms with Gasteiger partial charge in [0.1, 0.15) is 5.82 Å². The molecule has 2 aromatic rings. The number of carbonyl (C=O) groups excluding carboxylic acids is 1. The van der Waals surface area contributed by atoms with E-state index in [-0.39, 0.29) is 23.9 Å². The minimum Gasteiger partial charge on any atom is -0.336 e. The van der Waals surface area contributed by atoms with Crippen molar-refractivity contribution in [2.24, 2.45) is 0 Å². The molecule has 2 aromatic carbocycles. The predicted octanol–water partition coefficient (Wildman–Crippen LogP) is 2.90. The zero-order valence-corrected chi connectivity index (χ0v) is 16.5. The first kappa shape index (κ1) is 19.5. The normalized spacial score (nSPS) is 15.8. The van der Waals surface area contributed by atoms with E-state index in [1.807, 2.05) is 26.0 Å². The van der Waals surface area contributed by atoms with Crippen LogP contribution in [0.5, 0.6) is 0 Å². The van der Waals surface area contributed by atoms with Gasteiger partial charge in [0.05, 0.1) is 4.90 Å². The number of hydrogen-bond donors (Lipinski definition) is 0. The van der Waals surface area contributed by atoms with Gasteiger partial charge in [0.15, 0.2) is 0 Å². The summed E-state index contributed by atoms with van der Waals surface area (Å²) in [6, 6.07) is 9.25. The van der Waals surface area contributed by atoms with Gasteiger partial charge < -0.3 is 4.90 Å². The van der Waals surface area contributed by atoms with Crippen molar-refractivity contribution in [1.29, 1.82) is 0 Å². The number of aryl methyl sites for hydroxylation is 3. The van der Waals surface area contributed by atoms with Crippen molar-refractivity contribution in [3.8, 4) is 0 Å². The van der Waals surface area contributed by atoms with Crippen LogP contribution in [-0.2, 0) is 10.0 Å². The Labute approximate surface area is 159 Å². The van der Waals surface area contributed by atoms with Gasteiger partial charge >= 0.3 is 0 Å². The Bertz CT molecular complexity index is 981. The minimum atomic E-state index is -3.71. The number of benzene rings is 2. The molecule has 144 valence electrons. The second-order valence-electron chi connectivity index (χ2n) is 6.91. The average molecular weight is 390 g/mol. The van der Waals surface area contributed by atoms with E-state index in [1.165, 1.54) is 16.4 Å². The molecule has 7 heteroatoms. The van der Waals surface area contributed by atoms with Crippen LogP contribution in [0.3, 0.4) is 0 Å². The van der Waals surface area contributed by atoms with Crippen LogP contribution in [0.15, 0.2) is 41.3 Å². The zero-order valence-electron chi connectivity index (χ0n) is 15.7. The standard InChI is InChI=1S/C20H23FN2O3S/c1-14-4-5-17(12-15(14)2)20(24)22-8-10-23(11-9-22)27(25,26)19-7-6-18(21)13-16(19)3/h4-7,12-13H,8-11H2,1-3H3. The Morgan fingerprint density at radius 3 is 2.15 bits per heavy atom. The molecule has 1 aliphatic rings. The fraction of sp³-hybridized carbons (Fsp3) is 0.350. The minimum absolute atomic E-state index is 0.0897. The number of carbonyl (C=O) groups is 1. The van der Waals surface area contributed by atoms with Gasteiger partial charge in [-0.1, -0.05) is 6.07 Å². The van der Waals surface area contributed by atoms with Gasteiger partial charge in [0.2, 0.25) is 10.0 Å². The monoisotopic (exact) mass is 390 g/mol. The highest BCUT2D eigenvalue weighted by Crippen LogP contribution is 2.22. The summed E-state index contributed by atoms with van der Waals surface area (Å²) in [4.78, 5) is 14.5. The van der Waals surface area contributed by atoms with E-state index >= 15 is 0 Å². The lowest BCUT2D eigenvalue weighted by Crippen LogP contribution is -2.50. The number of hydrogen-bond acceptors (Lipinski definition) is 3. The first-order valence-electron chi connectivity index (χ1n) is 8.83. The lowest BCUT2D eigenvalue weighted by atomic mass is 10.1. The molecule has 1 heterocycles. The molecular formula is C20H23FN2O3S. The molecule has 0 bridgehead atoms.